The largest absolute Gasteiger partial charge is 0.481 e. The number of hydrogen-bond donors (Lipinski definition) is 3. The molecule has 10 nitrogen and oxygen atoms in total. The molecule has 3 aromatic rings. The molecule has 0 spiro atoms. The molecule has 0 unspecified atom stereocenters. The van der Waals surface area contributed by atoms with E-state index in [2.05, 4.69) is 150 Å². The van der Waals surface area contributed by atoms with Crippen molar-refractivity contribution in [3.63, 3.8) is 0 Å². The fraction of sp³-hybridized carbons (Fsp3) is 0.592. The van der Waals surface area contributed by atoms with Crippen LogP contribution in [0.25, 0.3) is 0 Å². The van der Waals surface area contributed by atoms with Gasteiger partial charge in [-0.1, -0.05) is 48.9 Å². The van der Waals surface area contributed by atoms with Gasteiger partial charge < -0.3 is 35.8 Å². The van der Waals surface area contributed by atoms with E-state index in [-0.39, 0.29) is 5.91 Å². The Balaban J connectivity index is 0.000000382. The van der Waals surface area contributed by atoms with E-state index in [0.717, 1.165) is 75.2 Å². The fourth-order valence-corrected chi connectivity index (χ4v) is 6.36. The topological polar surface area (TPSA) is 109 Å². The third-order valence-corrected chi connectivity index (χ3v) is 11.0. The van der Waals surface area contributed by atoms with Gasteiger partial charge in [0.15, 0.2) is 0 Å². The van der Waals surface area contributed by atoms with Crippen LogP contribution in [-0.4, -0.2) is 135 Å². The molecular formula is C49H83N7O3. The number of rotatable bonds is 5. The number of nitrogen functional groups attached to an aromatic ring is 1. The smallest absolute Gasteiger partial charge is 0.300 e. The maximum Gasteiger partial charge on any atom is 0.300 e. The third kappa shape index (κ3) is 22.3. The lowest BCUT2D eigenvalue weighted by atomic mass is 9.94. The molecule has 0 radical (unpaired) electrons. The number of aliphatic carboxylic acids is 1. The lowest BCUT2D eigenvalue weighted by molar-refractivity contribution is -0.134. The summed E-state index contributed by atoms with van der Waals surface area (Å²) in [5.41, 5.74) is 16.1. The van der Waals surface area contributed by atoms with E-state index >= 15 is 0 Å². The summed E-state index contributed by atoms with van der Waals surface area (Å²) in [6.07, 6.45) is 6.04. The summed E-state index contributed by atoms with van der Waals surface area (Å²) in [6.45, 7) is 24.7. The molecule has 6 rings (SSSR count). The number of carboxylic acids is 1. The predicted molar refractivity (Wildman–Crippen MR) is 253 cm³/mol. The van der Waals surface area contributed by atoms with Crippen LogP contribution in [0.3, 0.4) is 0 Å². The van der Waals surface area contributed by atoms with E-state index in [9.17, 15) is 4.79 Å². The summed E-state index contributed by atoms with van der Waals surface area (Å²) in [5.74, 6) is 0.391. The number of amides is 1. The van der Waals surface area contributed by atoms with Gasteiger partial charge in [-0.05, 0) is 201 Å². The first-order valence-corrected chi connectivity index (χ1v) is 21.5. The summed E-state index contributed by atoms with van der Waals surface area (Å²) >= 11 is 0. The van der Waals surface area contributed by atoms with Crippen molar-refractivity contribution in [2.75, 3.05) is 92.7 Å². The number of carbonyl (C=O) groups excluding carboxylic acids is 1. The molecule has 332 valence electrons. The SMILES string of the molecule is CC(=O)O.CC(C)N(C)C.CC1CCN(C)CC1.Cc1ccc(C)c(N)c1.Cc1ccc(C)c(NCN(C)C)c1.Cc1ccc2c(c1)CCN(C1CCN(C)CC1)C2=O. The molecule has 3 aliphatic heterocycles. The zero-order chi connectivity index (χ0) is 44.8. The van der Waals surface area contributed by atoms with Crippen LogP contribution in [0.15, 0.2) is 54.6 Å². The van der Waals surface area contributed by atoms with Crippen molar-refractivity contribution >= 4 is 23.3 Å². The van der Waals surface area contributed by atoms with Crippen LogP contribution >= 0.6 is 0 Å². The monoisotopic (exact) mass is 818 g/mol. The lowest BCUT2D eigenvalue weighted by Crippen LogP contribution is -2.49. The Morgan fingerprint density at radius 3 is 1.69 bits per heavy atom. The fourth-order valence-electron chi connectivity index (χ4n) is 6.36. The van der Waals surface area contributed by atoms with Crippen molar-refractivity contribution in [2.45, 2.75) is 107 Å². The number of piperidine rings is 2. The maximum absolute atomic E-state index is 12.6. The molecule has 0 aliphatic carbocycles. The summed E-state index contributed by atoms with van der Waals surface area (Å²) < 4.78 is 0. The number of hydrogen-bond acceptors (Lipinski definition) is 8. The molecule has 0 atom stereocenters. The van der Waals surface area contributed by atoms with Gasteiger partial charge in [-0.3, -0.25) is 14.5 Å². The van der Waals surface area contributed by atoms with Crippen molar-refractivity contribution in [3.05, 3.63) is 93.5 Å². The number of fused-ring (bicyclic) bond motifs is 1. The summed E-state index contributed by atoms with van der Waals surface area (Å²) in [4.78, 5) is 32.8. The zero-order valence-corrected chi connectivity index (χ0v) is 39.8. The molecule has 4 N–H and O–H groups in total. The van der Waals surface area contributed by atoms with Crippen molar-refractivity contribution < 1.29 is 14.7 Å². The third-order valence-electron chi connectivity index (χ3n) is 11.0. The number of nitrogens with one attached hydrogen (secondary N) is 1. The molecule has 0 aromatic heterocycles. The zero-order valence-electron chi connectivity index (χ0n) is 39.8. The number of likely N-dealkylation sites (tertiary alicyclic amines) is 2. The predicted octanol–water partition coefficient (Wildman–Crippen LogP) is 8.60. The second-order valence-corrected chi connectivity index (χ2v) is 17.6. The van der Waals surface area contributed by atoms with Crippen molar-refractivity contribution in [1.29, 1.82) is 0 Å². The second-order valence-electron chi connectivity index (χ2n) is 17.6. The number of nitrogens with two attached hydrogens (primary N) is 1. The van der Waals surface area contributed by atoms with Crippen molar-refractivity contribution in [2.24, 2.45) is 5.92 Å². The van der Waals surface area contributed by atoms with Gasteiger partial charge in [0.2, 0.25) is 0 Å². The molecule has 2 fully saturated rings. The van der Waals surface area contributed by atoms with Crippen LogP contribution < -0.4 is 11.1 Å². The van der Waals surface area contributed by atoms with Gasteiger partial charge in [0.25, 0.3) is 11.9 Å². The van der Waals surface area contributed by atoms with Gasteiger partial charge in [0.05, 0.1) is 6.67 Å². The Kier molecular flexibility index (Phi) is 24.9. The normalized spacial score (nSPS) is 15.8. The van der Waals surface area contributed by atoms with Crippen LogP contribution in [0.1, 0.15) is 97.1 Å². The number of carbonyl (C=O) groups is 2. The summed E-state index contributed by atoms with van der Waals surface area (Å²) in [6, 6.07) is 19.9. The number of anilines is 2. The minimum Gasteiger partial charge on any atom is -0.481 e. The minimum absolute atomic E-state index is 0.246. The maximum atomic E-state index is 12.6. The van der Waals surface area contributed by atoms with E-state index in [4.69, 9.17) is 15.6 Å². The number of aryl methyl sites for hydroxylation is 5. The summed E-state index contributed by atoms with van der Waals surface area (Å²) in [7, 11) is 12.6. The second kappa shape index (κ2) is 27.7. The average Bonchev–Trinajstić information content (AvgIpc) is 3.16. The van der Waals surface area contributed by atoms with Crippen LogP contribution in [0.2, 0.25) is 0 Å². The van der Waals surface area contributed by atoms with Crippen LogP contribution in [-0.2, 0) is 11.2 Å². The highest BCUT2D eigenvalue weighted by Crippen LogP contribution is 2.25. The number of benzene rings is 3. The molecule has 1 amide bonds. The van der Waals surface area contributed by atoms with Gasteiger partial charge in [-0.25, -0.2) is 0 Å². The van der Waals surface area contributed by atoms with Gasteiger partial charge in [0.1, 0.15) is 0 Å². The lowest BCUT2D eigenvalue weighted by Gasteiger charge is -2.39. The highest BCUT2D eigenvalue weighted by Gasteiger charge is 2.31. The number of carboxylic acid groups (broad SMARTS) is 1. The summed E-state index contributed by atoms with van der Waals surface area (Å²) in [5, 5.41) is 10.8. The van der Waals surface area contributed by atoms with Crippen molar-refractivity contribution in [1.82, 2.24) is 24.5 Å². The van der Waals surface area contributed by atoms with E-state index in [1.54, 1.807) is 0 Å². The molecular weight excluding hydrogens is 735 g/mol. The molecule has 3 aromatic carbocycles. The van der Waals surface area contributed by atoms with Crippen molar-refractivity contribution in [3.8, 4) is 0 Å². The molecule has 59 heavy (non-hydrogen) atoms. The molecule has 2 saturated heterocycles. The Bertz CT molecular complexity index is 1640. The van der Waals surface area contributed by atoms with Gasteiger partial charge >= 0.3 is 0 Å². The highest BCUT2D eigenvalue weighted by molar-refractivity contribution is 5.97. The Hall–Kier alpha value is -3.96. The Morgan fingerprint density at radius 1 is 0.780 bits per heavy atom. The van der Waals surface area contributed by atoms with E-state index in [0.29, 0.717) is 12.1 Å². The number of nitrogens with zero attached hydrogens (tertiary/aromatic N) is 5. The van der Waals surface area contributed by atoms with Gasteiger partial charge in [0, 0.05) is 42.5 Å². The molecule has 0 bridgehead atoms. The molecule has 10 heteroatoms. The van der Waals surface area contributed by atoms with Crippen LogP contribution in [0.4, 0.5) is 11.4 Å². The molecule has 3 aliphatic rings. The van der Waals surface area contributed by atoms with Crippen LogP contribution in [0, 0.1) is 40.5 Å². The van der Waals surface area contributed by atoms with E-state index < -0.39 is 5.97 Å². The van der Waals surface area contributed by atoms with Gasteiger partial charge in [-0.2, -0.15) is 0 Å². The van der Waals surface area contributed by atoms with E-state index in [1.807, 2.05) is 32.0 Å². The first-order chi connectivity index (χ1) is 27.6. The van der Waals surface area contributed by atoms with E-state index in [1.165, 1.54) is 59.4 Å². The first-order valence-electron chi connectivity index (χ1n) is 21.5. The highest BCUT2D eigenvalue weighted by atomic mass is 16.4. The standard InChI is InChI=1S/C16H22N2O.C11H18N2.C8H11N.C7H15N.C5H13N.C2H4O2/c1-12-3-4-15-13(11-12)5-10-18(16(15)19)14-6-8-17(2)9-7-14;1-9-5-6-10(2)11(7-9)12-8-13(3)4;1-6-3-4-7(2)8(9)5-6;1-7-3-5-8(2)6-4-7;1-5(2)6(3)4;1-2(3)4/h3-4,11,14H,5-10H2,1-2H3;5-7,12H,8H2,1-4H3;3-5H,9H2,1-2H3;7H,3-6H2,1-2H3;5H,1-4H3;1H3,(H,3,4). The molecule has 3 heterocycles. The minimum atomic E-state index is -0.833. The quantitative estimate of drug-likeness (QED) is 0.172. The Labute approximate surface area is 360 Å². The van der Waals surface area contributed by atoms with Crippen LogP contribution in [0.5, 0.6) is 0 Å². The molecule has 0 saturated carbocycles. The van der Waals surface area contributed by atoms with Gasteiger partial charge in [-0.15, -0.1) is 0 Å². The average molecular weight is 818 g/mol. The Morgan fingerprint density at radius 2 is 1.24 bits per heavy atom. The first kappa shape index (κ1) is 53.1.